The van der Waals surface area contributed by atoms with Gasteiger partial charge in [-0.15, -0.1) is 0 Å². The summed E-state index contributed by atoms with van der Waals surface area (Å²) < 4.78 is 5.35. The number of hydrogen-bond acceptors (Lipinski definition) is 6. The third-order valence-electron chi connectivity index (χ3n) is 9.66. The van der Waals surface area contributed by atoms with Crippen LogP contribution >= 0.6 is 0 Å². The first-order valence-corrected chi connectivity index (χ1v) is 14.9. The zero-order valence-electron chi connectivity index (χ0n) is 23.9. The van der Waals surface area contributed by atoms with E-state index in [9.17, 15) is 25.2 Å². The van der Waals surface area contributed by atoms with Gasteiger partial charge in [0.25, 0.3) is 0 Å². The third kappa shape index (κ3) is 6.38. The molecule has 0 aliphatic heterocycles. The van der Waals surface area contributed by atoms with E-state index in [-0.39, 0.29) is 40.8 Å². The van der Waals surface area contributed by atoms with E-state index in [1.165, 1.54) is 18.7 Å². The van der Waals surface area contributed by atoms with Crippen LogP contribution in [0.25, 0.3) is 0 Å². The minimum absolute atomic E-state index is 0.0237. The number of hydrogen-bond donors (Lipinski definition) is 4. The average Bonchev–Trinajstić information content (AvgIpc) is 2.97. The molecule has 0 bridgehead atoms. The van der Waals surface area contributed by atoms with Crippen molar-refractivity contribution in [1.82, 2.24) is 0 Å². The van der Waals surface area contributed by atoms with Gasteiger partial charge >= 0.3 is 0 Å². The van der Waals surface area contributed by atoms with Gasteiger partial charge in [0.15, 0.2) is 23.0 Å². The fraction of sp³-hybridized carbons (Fsp3) is 0.457. The molecule has 3 aromatic rings. The molecule has 2 fully saturated rings. The second-order valence-corrected chi connectivity index (χ2v) is 12.3. The fourth-order valence-corrected chi connectivity index (χ4v) is 7.58. The molecule has 0 spiro atoms. The van der Waals surface area contributed by atoms with Gasteiger partial charge in [-0.3, -0.25) is 4.79 Å². The molecule has 41 heavy (non-hydrogen) atoms. The lowest BCUT2D eigenvalue weighted by atomic mass is 9.53. The molecule has 0 amide bonds. The predicted octanol–water partition coefficient (Wildman–Crippen LogP) is 6.92. The molecular formula is C35H42O6. The minimum Gasteiger partial charge on any atom is -0.504 e. The van der Waals surface area contributed by atoms with Gasteiger partial charge in [0.05, 0.1) is 12.7 Å². The van der Waals surface area contributed by atoms with E-state index >= 15 is 0 Å². The number of phenolic OH excluding ortho intramolecular Hbond substituents is 3. The van der Waals surface area contributed by atoms with Crippen LogP contribution in [0, 0.1) is 5.92 Å². The minimum atomic E-state index is -1.13. The topological polar surface area (TPSA) is 107 Å². The highest BCUT2D eigenvalue weighted by molar-refractivity contribution is 5.80. The van der Waals surface area contributed by atoms with Gasteiger partial charge in [-0.1, -0.05) is 55.3 Å². The molecule has 0 aromatic heterocycles. The van der Waals surface area contributed by atoms with E-state index in [4.69, 9.17) is 4.74 Å². The Balaban J connectivity index is 1.36. The van der Waals surface area contributed by atoms with Crippen molar-refractivity contribution >= 4 is 5.78 Å². The maximum absolute atomic E-state index is 13.7. The highest BCUT2D eigenvalue weighted by Gasteiger charge is 2.51. The number of aryl methyl sites for hydroxylation is 1. The van der Waals surface area contributed by atoms with Crippen LogP contribution in [0.15, 0.2) is 66.7 Å². The van der Waals surface area contributed by atoms with Crippen LogP contribution in [0.3, 0.4) is 0 Å². The van der Waals surface area contributed by atoms with E-state index in [2.05, 4.69) is 12.1 Å². The van der Waals surface area contributed by atoms with Crippen LogP contribution in [0.4, 0.5) is 0 Å². The monoisotopic (exact) mass is 558 g/mol. The smallest absolute Gasteiger partial charge is 0.160 e. The molecule has 4 atom stereocenters. The summed E-state index contributed by atoms with van der Waals surface area (Å²) in [5.41, 5.74) is 1.62. The summed E-state index contributed by atoms with van der Waals surface area (Å²) in [5.74, 6) is 0.466. The number of ketones is 1. The summed E-state index contributed by atoms with van der Waals surface area (Å²) in [6.07, 6.45) is 7.96. The van der Waals surface area contributed by atoms with Crippen LogP contribution in [-0.2, 0) is 16.6 Å². The van der Waals surface area contributed by atoms with Gasteiger partial charge in [0.1, 0.15) is 5.78 Å². The van der Waals surface area contributed by atoms with Crippen molar-refractivity contribution in [3.05, 3.63) is 83.4 Å². The standard InChI is InChI=1S/C35H42O6/c1-41-33-20-26(12-14-31(33)38)25(11-10-24-7-3-2-4-8-24)19-29(36)22-34(40)18-16-27-9-5-6-17-35(27,23-34)28-13-15-30(37)32(39)21-28/h2-4,7-8,12-15,20-21,25,27,37-40H,5-6,9-11,16-19,22-23H2,1H3/t25-,27+,34+,35-/m1/s1. The maximum atomic E-state index is 13.7. The van der Waals surface area contributed by atoms with Crippen molar-refractivity contribution in [3.8, 4) is 23.0 Å². The molecule has 2 aliphatic rings. The van der Waals surface area contributed by atoms with Crippen LogP contribution in [0.2, 0.25) is 0 Å². The van der Waals surface area contributed by atoms with Crippen molar-refractivity contribution in [2.45, 2.75) is 87.6 Å². The van der Waals surface area contributed by atoms with Gasteiger partial charge in [0, 0.05) is 18.3 Å². The maximum Gasteiger partial charge on any atom is 0.160 e. The predicted molar refractivity (Wildman–Crippen MR) is 159 cm³/mol. The first-order chi connectivity index (χ1) is 19.7. The summed E-state index contributed by atoms with van der Waals surface area (Å²) in [6, 6.07) is 20.5. The molecule has 6 nitrogen and oxygen atoms in total. The number of benzene rings is 3. The number of aromatic hydroxyl groups is 3. The van der Waals surface area contributed by atoms with Crippen molar-refractivity contribution in [2.75, 3.05) is 7.11 Å². The van der Waals surface area contributed by atoms with Crippen molar-refractivity contribution in [2.24, 2.45) is 5.92 Å². The number of carbonyl (C=O) groups is 1. The molecule has 0 heterocycles. The van der Waals surface area contributed by atoms with E-state index in [1.54, 1.807) is 12.1 Å². The quantitative estimate of drug-likeness (QED) is 0.201. The van der Waals surface area contributed by atoms with E-state index in [0.29, 0.717) is 30.9 Å². The first-order valence-electron chi connectivity index (χ1n) is 14.9. The Bertz CT molecular complexity index is 1350. The van der Waals surface area contributed by atoms with Crippen molar-refractivity contribution in [1.29, 1.82) is 0 Å². The zero-order valence-corrected chi connectivity index (χ0v) is 23.9. The van der Waals surface area contributed by atoms with Gasteiger partial charge in [-0.25, -0.2) is 0 Å². The molecule has 4 N–H and O–H groups in total. The van der Waals surface area contributed by atoms with Crippen molar-refractivity contribution in [3.63, 3.8) is 0 Å². The highest BCUT2D eigenvalue weighted by atomic mass is 16.5. The molecule has 0 saturated heterocycles. The lowest BCUT2D eigenvalue weighted by Crippen LogP contribution is -2.51. The lowest BCUT2D eigenvalue weighted by Gasteiger charge is -2.53. The fourth-order valence-electron chi connectivity index (χ4n) is 7.58. The van der Waals surface area contributed by atoms with Gasteiger partial charge in [0.2, 0.25) is 0 Å². The summed E-state index contributed by atoms with van der Waals surface area (Å²) in [6.45, 7) is 0. The Morgan fingerprint density at radius 3 is 2.46 bits per heavy atom. The number of ether oxygens (including phenoxy) is 1. The normalized spacial score (nSPS) is 24.8. The number of fused-ring (bicyclic) bond motifs is 1. The number of Topliss-reactive ketones (excluding diaryl/α,β-unsaturated/α-hetero) is 1. The number of rotatable bonds is 10. The molecule has 0 radical (unpaired) electrons. The zero-order chi connectivity index (χ0) is 29.0. The number of aliphatic hydroxyl groups is 1. The molecule has 2 aliphatic carbocycles. The Kier molecular flexibility index (Phi) is 8.60. The Hall–Kier alpha value is -3.51. The molecule has 0 unspecified atom stereocenters. The summed E-state index contributed by atoms with van der Waals surface area (Å²) in [7, 11) is 1.52. The molecule has 2 saturated carbocycles. The number of methoxy groups -OCH3 is 1. The Labute approximate surface area is 242 Å². The average molecular weight is 559 g/mol. The first kappa shape index (κ1) is 29.0. The van der Waals surface area contributed by atoms with Crippen LogP contribution in [0.1, 0.15) is 86.8 Å². The third-order valence-corrected chi connectivity index (χ3v) is 9.66. The Morgan fingerprint density at radius 2 is 1.71 bits per heavy atom. The van der Waals surface area contributed by atoms with E-state index in [1.807, 2.05) is 36.4 Å². The van der Waals surface area contributed by atoms with Gasteiger partial charge < -0.3 is 25.2 Å². The second-order valence-electron chi connectivity index (χ2n) is 12.3. The second kappa shape index (κ2) is 12.2. The molecule has 6 heteroatoms. The van der Waals surface area contributed by atoms with Gasteiger partial charge in [-0.2, -0.15) is 0 Å². The van der Waals surface area contributed by atoms with Crippen molar-refractivity contribution < 1.29 is 30.0 Å². The number of phenols is 3. The van der Waals surface area contributed by atoms with E-state index < -0.39 is 5.60 Å². The van der Waals surface area contributed by atoms with E-state index in [0.717, 1.165) is 56.1 Å². The summed E-state index contributed by atoms with van der Waals surface area (Å²) in [4.78, 5) is 13.7. The Morgan fingerprint density at radius 1 is 0.927 bits per heavy atom. The largest absolute Gasteiger partial charge is 0.504 e. The van der Waals surface area contributed by atoms with Crippen LogP contribution < -0.4 is 4.74 Å². The molecular weight excluding hydrogens is 516 g/mol. The molecule has 5 rings (SSSR count). The van der Waals surface area contributed by atoms with Gasteiger partial charge in [-0.05, 0) is 97.7 Å². The SMILES string of the molecule is COc1cc([C@H](CCc2ccccc2)CC(=O)C[C@@]2(O)CC[C@@H]3CCCC[C@@]3(c3ccc(O)c(O)c3)C2)ccc1O. The summed E-state index contributed by atoms with van der Waals surface area (Å²) >= 11 is 0. The molecule has 218 valence electrons. The van der Waals surface area contributed by atoms with Crippen LogP contribution in [0.5, 0.6) is 23.0 Å². The molecule has 3 aromatic carbocycles. The lowest BCUT2D eigenvalue weighted by molar-refractivity contribution is -0.129. The highest BCUT2D eigenvalue weighted by Crippen LogP contribution is 2.56. The summed E-state index contributed by atoms with van der Waals surface area (Å²) in [5, 5.41) is 42.3. The number of carbonyl (C=O) groups excluding carboxylic acids is 1. The van der Waals surface area contributed by atoms with Crippen LogP contribution in [-0.4, -0.2) is 38.9 Å².